The summed E-state index contributed by atoms with van der Waals surface area (Å²) in [7, 11) is 0. The Morgan fingerprint density at radius 1 is 1.80 bits per heavy atom. The van der Waals surface area contributed by atoms with Crippen LogP contribution in [0.25, 0.3) is 0 Å². The molecule has 1 saturated heterocycles. The number of ether oxygens (including phenoxy) is 2. The molecule has 1 aliphatic heterocycles. The third-order valence-corrected chi connectivity index (χ3v) is 1.33. The van der Waals surface area contributed by atoms with Gasteiger partial charge in [-0.05, 0) is 6.92 Å². The summed E-state index contributed by atoms with van der Waals surface area (Å²) in [5.41, 5.74) is 0. The summed E-state index contributed by atoms with van der Waals surface area (Å²) >= 11 is 0. The molecule has 0 aromatic carbocycles. The first-order valence-electron chi connectivity index (χ1n) is 3.49. The van der Waals surface area contributed by atoms with Gasteiger partial charge in [-0.25, -0.2) is 0 Å². The number of morpholine rings is 1. The lowest BCUT2D eigenvalue weighted by Gasteiger charge is -2.28. The smallest absolute Gasteiger partial charge is 0.197 e. The van der Waals surface area contributed by atoms with Crippen LogP contribution in [0.1, 0.15) is 6.92 Å². The zero-order valence-corrected chi connectivity index (χ0v) is 6.04. The molecule has 0 amide bonds. The van der Waals surface area contributed by atoms with Crippen molar-refractivity contribution in [3.05, 3.63) is 0 Å². The second kappa shape index (κ2) is 3.88. The Hall–Kier alpha value is -0.160. The number of hydrogen-bond donors (Lipinski definition) is 2. The molecule has 0 unspecified atom stereocenters. The van der Waals surface area contributed by atoms with Crippen LogP contribution in [-0.4, -0.2) is 37.4 Å². The fourth-order valence-corrected chi connectivity index (χ4v) is 0.873. The van der Waals surface area contributed by atoms with E-state index >= 15 is 0 Å². The molecule has 1 rings (SSSR count). The maximum absolute atomic E-state index is 9.14. The quantitative estimate of drug-likeness (QED) is 0.541. The van der Waals surface area contributed by atoms with E-state index in [1.54, 1.807) is 0 Å². The number of aliphatic hydroxyl groups is 1. The summed E-state index contributed by atoms with van der Waals surface area (Å²) < 4.78 is 10.2. The predicted molar refractivity (Wildman–Crippen MR) is 35.4 cm³/mol. The first-order chi connectivity index (χ1) is 4.84. The van der Waals surface area contributed by atoms with Crippen molar-refractivity contribution in [3.8, 4) is 0 Å². The predicted octanol–water partition coefficient (Wildman–Crippen LogP) is -0.713. The van der Waals surface area contributed by atoms with Gasteiger partial charge >= 0.3 is 0 Å². The van der Waals surface area contributed by atoms with Gasteiger partial charge in [0.25, 0.3) is 0 Å². The zero-order chi connectivity index (χ0) is 7.40. The van der Waals surface area contributed by atoms with E-state index in [1.807, 2.05) is 6.92 Å². The highest BCUT2D eigenvalue weighted by Crippen LogP contribution is 2.02. The monoisotopic (exact) mass is 147 g/mol. The van der Waals surface area contributed by atoms with Gasteiger partial charge in [0.1, 0.15) is 0 Å². The minimum absolute atomic E-state index is 0.487. The molecule has 10 heavy (non-hydrogen) atoms. The number of hydrogen-bond acceptors (Lipinski definition) is 4. The molecule has 0 saturated carbocycles. The molecule has 60 valence electrons. The lowest BCUT2D eigenvalue weighted by atomic mass is 10.4. The molecular formula is C6H13NO3. The van der Waals surface area contributed by atoms with Crippen molar-refractivity contribution in [1.29, 1.82) is 0 Å². The van der Waals surface area contributed by atoms with Crippen molar-refractivity contribution in [3.63, 3.8) is 0 Å². The van der Waals surface area contributed by atoms with Gasteiger partial charge in [-0.2, -0.15) is 0 Å². The lowest BCUT2D eigenvalue weighted by Crippen LogP contribution is -2.49. The minimum atomic E-state index is -0.673. The van der Waals surface area contributed by atoms with E-state index in [1.165, 1.54) is 0 Å². The van der Waals surface area contributed by atoms with Gasteiger partial charge in [-0.3, -0.25) is 5.32 Å². The average molecular weight is 147 g/mol. The Balaban J connectivity index is 2.25. The Kier molecular flexibility index (Phi) is 3.08. The van der Waals surface area contributed by atoms with Crippen LogP contribution < -0.4 is 5.32 Å². The fourth-order valence-electron chi connectivity index (χ4n) is 0.873. The van der Waals surface area contributed by atoms with Gasteiger partial charge < -0.3 is 14.6 Å². The SMILES string of the molecule is CCO[C@H]1OCCN[C@@H]1O. The van der Waals surface area contributed by atoms with Crippen LogP contribution in [0.5, 0.6) is 0 Å². The lowest BCUT2D eigenvalue weighted by molar-refractivity contribution is -0.217. The molecule has 2 atom stereocenters. The highest BCUT2D eigenvalue weighted by atomic mass is 16.7. The van der Waals surface area contributed by atoms with E-state index in [-0.39, 0.29) is 0 Å². The summed E-state index contributed by atoms with van der Waals surface area (Å²) in [6, 6.07) is 0. The first kappa shape index (κ1) is 7.94. The molecule has 4 heteroatoms. The standard InChI is InChI=1S/C6H13NO3/c1-2-9-6-5(8)7-3-4-10-6/h5-8H,2-4H2,1H3/t5-,6+/m1/s1. The first-order valence-corrected chi connectivity index (χ1v) is 3.49. The summed E-state index contributed by atoms with van der Waals surface area (Å²) in [5.74, 6) is 0. The van der Waals surface area contributed by atoms with Crippen LogP contribution in [0.4, 0.5) is 0 Å². The molecule has 2 N–H and O–H groups in total. The molecule has 4 nitrogen and oxygen atoms in total. The summed E-state index contributed by atoms with van der Waals surface area (Å²) in [4.78, 5) is 0. The van der Waals surface area contributed by atoms with E-state index in [4.69, 9.17) is 14.6 Å². The molecule has 0 aromatic rings. The second-order valence-electron chi connectivity index (χ2n) is 2.09. The minimum Gasteiger partial charge on any atom is -0.373 e. The van der Waals surface area contributed by atoms with Gasteiger partial charge in [0.05, 0.1) is 6.61 Å². The van der Waals surface area contributed by atoms with Crippen LogP contribution in [0.2, 0.25) is 0 Å². The molecule has 0 spiro atoms. The van der Waals surface area contributed by atoms with Gasteiger partial charge in [0.15, 0.2) is 12.5 Å². The Morgan fingerprint density at radius 3 is 3.20 bits per heavy atom. The largest absolute Gasteiger partial charge is 0.373 e. The molecule has 1 fully saturated rings. The van der Waals surface area contributed by atoms with E-state index in [2.05, 4.69) is 5.32 Å². The van der Waals surface area contributed by atoms with E-state index in [0.717, 1.165) is 0 Å². The Bertz CT molecular complexity index is 97.0. The zero-order valence-electron chi connectivity index (χ0n) is 6.04. The normalized spacial score (nSPS) is 34.2. The fraction of sp³-hybridized carbons (Fsp3) is 1.00. The van der Waals surface area contributed by atoms with Crippen molar-refractivity contribution >= 4 is 0 Å². The number of rotatable bonds is 2. The summed E-state index contributed by atoms with van der Waals surface area (Å²) in [6.07, 6.45) is -1.16. The second-order valence-corrected chi connectivity index (χ2v) is 2.09. The van der Waals surface area contributed by atoms with Gasteiger partial charge in [-0.15, -0.1) is 0 Å². The third-order valence-electron chi connectivity index (χ3n) is 1.33. The van der Waals surface area contributed by atoms with E-state index in [9.17, 15) is 0 Å². The molecule has 1 heterocycles. The Morgan fingerprint density at radius 2 is 2.60 bits per heavy atom. The molecular weight excluding hydrogens is 134 g/mol. The number of aliphatic hydroxyl groups excluding tert-OH is 1. The summed E-state index contributed by atoms with van der Waals surface area (Å²) in [5, 5.41) is 12.0. The molecule has 0 aliphatic carbocycles. The number of nitrogens with one attached hydrogen (secondary N) is 1. The van der Waals surface area contributed by atoms with Gasteiger partial charge in [-0.1, -0.05) is 0 Å². The topological polar surface area (TPSA) is 50.7 Å². The van der Waals surface area contributed by atoms with Crippen LogP contribution >= 0.6 is 0 Å². The van der Waals surface area contributed by atoms with Crippen LogP contribution in [0.3, 0.4) is 0 Å². The highest BCUT2D eigenvalue weighted by molar-refractivity contribution is 4.63. The molecule has 0 radical (unpaired) electrons. The van der Waals surface area contributed by atoms with Crippen molar-refractivity contribution in [2.24, 2.45) is 0 Å². The molecule has 0 aromatic heterocycles. The molecule has 0 bridgehead atoms. The van der Waals surface area contributed by atoms with E-state index in [0.29, 0.717) is 19.8 Å². The van der Waals surface area contributed by atoms with Crippen LogP contribution in [-0.2, 0) is 9.47 Å². The van der Waals surface area contributed by atoms with Crippen molar-refractivity contribution in [1.82, 2.24) is 5.32 Å². The third kappa shape index (κ3) is 1.91. The maximum Gasteiger partial charge on any atom is 0.197 e. The van der Waals surface area contributed by atoms with Crippen LogP contribution in [0, 0.1) is 0 Å². The van der Waals surface area contributed by atoms with Gasteiger partial charge in [0, 0.05) is 13.2 Å². The highest BCUT2D eigenvalue weighted by Gasteiger charge is 2.22. The van der Waals surface area contributed by atoms with Crippen molar-refractivity contribution in [2.45, 2.75) is 19.4 Å². The van der Waals surface area contributed by atoms with E-state index < -0.39 is 12.5 Å². The Labute approximate surface area is 60.1 Å². The molecule has 1 aliphatic rings. The van der Waals surface area contributed by atoms with Crippen molar-refractivity contribution in [2.75, 3.05) is 19.8 Å². The van der Waals surface area contributed by atoms with Gasteiger partial charge in [0.2, 0.25) is 0 Å². The van der Waals surface area contributed by atoms with Crippen molar-refractivity contribution < 1.29 is 14.6 Å². The summed E-state index contributed by atoms with van der Waals surface area (Å²) in [6.45, 7) is 3.71. The maximum atomic E-state index is 9.14. The average Bonchev–Trinajstić information content (AvgIpc) is 1.94. The van der Waals surface area contributed by atoms with Crippen LogP contribution in [0.15, 0.2) is 0 Å².